The Morgan fingerprint density at radius 1 is 1.03 bits per heavy atom. The van der Waals surface area contributed by atoms with E-state index in [1.165, 1.54) is 41.8 Å². The lowest BCUT2D eigenvalue weighted by atomic mass is 9.98. The molecule has 1 amide bonds. The molecule has 2 aromatic carbocycles. The number of alkyl carbamates (subject to hydrolysis) is 1. The first-order valence-corrected chi connectivity index (χ1v) is 10.3. The Kier molecular flexibility index (Phi) is 6.47. The van der Waals surface area contributed by atoms with Gasteiger partial charge in [-0.2, -0.15) is 0 Å². The second-order valence-electron chi connectivity index (χ2n) is 7.22. The average molecular weight is 426 g/mol. The molecule has 0 radical (unpaired) electrons. The number of aromatic nitrogens is 1. The van der Waals surface area contributed by atoms with E-state index in [0.717, 1.165) is 0 Å². The van der Waals surface area contributed by atoms with Crippen molar-refractivity contribution in [2.45, 2.75) is 12.3 Å². The highest BCUT2D eigenvalue weighted by molar-refractivity contribution is 5.92. The van der Waals surface area contributed by atoms with Crippen LogP contribution in [0.25, 0.3) is 11.1 Å². The monoisotopic (exact) mass is 426 g/mol. The molecule has 0 bridgehead atoms. The quantitative estimate of drug-likeness (QED) is 0.377. The standard InChI is InChI=1S/C26H22N2O4/c1-31-25(29)19-13-15-27-16-18(19)8-6-7-14-28-26(30)32-17-24-22-11-4-2-9-20(22)21-10-3-5-12-23(21)24/h2-5,9-13,15-16,24H,7,14,17H2,1H3,(H,28,30). The van der Waals surface area contributed by atoms with E-state index < -0.39 is 12.1 Å². The number of pyridine rings is 1. The van der Waals surface area contributed by atoms with Gasteiger partial charge in [0, 0.05) is 31.3 Å². The summed E-state index contributed by atoms with van der Waals surface area (Å²) < 4.78 is 10.2. The van der Waals surface area contributed by atoms with Gasteiger partial charge in [0.05, 0.1) is 18.2 Å². The molecule has 1 aliphatic rings. The van der Waals surface area contributed by atoms with Crippen molar-refractivity contribution in [2.24, 2.45) is 0 Å². The van der Waals surface area contributed by atoms with Crippen molar-refractivity contribution < 1.29 is 19.1 Å². The number of rotatable bonds is 5. The number of amides is 1. The van der Waals surface area contributed by atoms with E-state index in [0.29, 0.717) is 24.1 Å². The van der Waals surface area contributed by atoms with Crippen LogP contribution in [0.2, 0.25) is 0 Å². The smallest absolute Gasteiger partial charge is 0.407 e. The van der Waals surface area contributed by atoms with Gasteiger partial charge in [0.25, 0.3) is 0 Å². The molecule has 0 unspecified atom stereocenters. The molecule has 6 nitrogen and oxygen atoms in total. The van der Waals surface area contributed by atoms with Gasteiger partial charge in [-0.1, -0.05) is 60.4 Å². The summed E-state index contributed by atoms with van der Waals surface area (Å²) in [5.41, 5.74) is 5.57. The average Bonchev–Trinajstić information content (AvgIpc) is 3.16. The van der Waals surface area contributed by atoms with Crippen molar-refractivity contribution in [3.8, 4) is 23.0 Å². The predicted molar refractivity (Wildman–Crippen MR) is 120 cm³/mol. The molecule has 4 rings (SSSR count). The summed E-state index contributed by atoms with van der Waals surface area (Å²) in [4.78, 5) is 27.9. The van der Waals surface area contributed by atoms with Crippen LogP contribution in [-0.4, -0.2) is 37.3 Å². The zero-order valence-electron chi connectivity index (χ0n) is 17.6. The van der Waals surface area contributed by atoms with Crippen molar-refractivity contribution in [1.82, 2.24) is 10.3 Å². The highest BCUT2D eigenvalue weighted by atomic mass is 16.5. The van der Waals surface area contributed by atoms with E-state index in [1.807, 2.05) is 24.3 Å². The topological polar surface area (TPSA) is 77.5 Å². The molecule has 160 valence electrons. The van der Waals surface area contributed by atoms with Crippen LogP contribution in [0.4, 0.5) is 4.79 Å². The Bertz CT molecular complexity index is 1160. The molecule has 32 heavy (non-hydrogen) atoms. The van der Waals surface area contributed by atoms with Gasteiger partial charge in [0.1, 0.15) is 6.61 Å². The zero-order chi connectivity index (χ0) is 22.3. The fourth-order valence-electron chi connectivity index (χ4n) is 3.82. The van der Waals surface area contributed by atoms with Crippen molar-refractivity contribution in [3.63, 3.8) is 0 Å². The van der Waals surface area contributed by atoms with Gasteiger partial charge < -0.3 is 14.8 Å². The maximum Gasteiger partial charge on any atom is 0.407 e. The predicted octanol–water partition coefficient (Wildman–Crippen LogP) is 4.15. The zero-order valence-corrected chi connectivity index (χ0v) is 17.6. The number of methoxy groups -OCH3 is 1. The van der Waals surface area contributed by atoms with Gasteiger partial charge >= 0.3 is 12.1 Å². The number of fused-ring (bicyclic) bond motifs is 3. The molecule has 0 aliphatic heterocycles. The van der Waals surface area contributed by atoms with Crippen molar-refractivity contribution in [3.05, 3.63) is 89.2 Å². The number of carbonyl (C=O) groups excluding carboxylic acids is 2. The van der Waals surface area contributed by atoms with E-state index >= 15 is 0 Å². The number of hydrogen-bond donors (Lipinski definition) is 1. The van der Waals surface area contributed by atoms with Gasteiger partial charge in [-0.15, -0.1) is 0 Å². The minimum Gasteiger partial charge on any atom is -0.465 e. The van der Waals surface area contributed by atoms with Crippen LogP contribution >= 0.6 is 0 Å². The van der Waals surface area contributed by atoms with Gasteiger partial charge in [-0.25, -0.2) is 9.59 Å². The first kappa shape index (κ1) is 21.1. The Morgan fingerprint density at radius 2 is 1.72 bits per heavy atom. The van der Waals surface area contributed by atoms with E-state index in [2.05, 4.69) is 46.4 Å². The number of benzene rings is 2. The van der Waals surface area contributed by atoms with E-state index in [1.54, 1.807) is 6.07 Å². The normalized spacial score (nSPS) is 11.5. The summed E-state index contributed by atoms with van der Waals surface area (Å²) in [6.07, 6.45) is 2.94. The largest absolute Gasteiger partial charge is 0.465 e. The van der Waals surface area contributed by atoms with Gasteiger partial charge in [0.15, 0.2) is 0 Å². The number of esters is 1. The molecule has 3 aromatic rings. The second-order valence-corrected chi connectivity index (χ2v) is 7.22. The highest BCUT2D eigenvalue weighted by Crippen LogP contribution is 2.44. The van der Waals surface area contributed by atoms with Crippen LogP contribution in [0.3, 0.4) is 0 Å². The number of carbonyl (C=O) groups is 2. The summed E-state index contributed by atoms with van der Waals surface area (Å²) in [5, 5.41) is 2.72. The van der Waals surface area contributed by atoms with Crippen molar-refractivity contribution >= 4 is 12.1 Å². The number of nitrogens with zero attached hydrogens (tertiary/aromatic N) is 1. The fourth-order valence-corrected chi connectivity index (χ4v) is 3.82. The van der Waals surface area contributed by atoms with Gasteiger partial charge in [0.2, 0.25) is 0 Å². The first-order valence-electron chi connectivity index (χ1n) is 10.3. The molecule has 0 spiro atoms. The van der Waals surface area contributed by atoms with Crippen LogP contribution < -0.4 is 5.32 Å². The maximum atomic E-state index is 12.2. The molecule has 1 N–H and O–H groups in total. The summed E-state index contributed by atoms with van der Waals surface area (Å²) in [6.45, 7) is 0.598. The van der Waals surface area contributed by atoms with Crippen LogP contribution in [0.5, 0.6) is 0 Å². The SMILES string of the molecule is COC(=O)c1ccncc1C#CCCNC(=O)OCC1c2ccccc2-c2ccccc21. The lowest BCUT2D eigenvalue weighted by Crippen LogP contribution is -2.26. The molecule has 1 heterocycles. The lowest BCUT2D eigenvalue weighted by molar-refractivity contribution is 0.0600. The lowest BCUT2D eigenvalue weighted by Gasteiger charge is -2.14. The van der Waals surface area contributed by atoms with E-state index in [4.69, 9.17) is 9.47 Å². The minimum absolute atomic E-state index is 0.0234. The molecule has 1 aromatic heterocycles. The first-order chi connectivity index (χ1) is 15.7. The minimum atomic E-state index is -0.481. The molecule has 6 heteroatoms. The van der Waals surface area contributed by atoms with Crippen LogP contribution in [-0.2, 0) is 9.47 Å². The van der Waals surface area contributed by atoms with Crippen LogP contribution in [0, 0.1) is 11.8 Å². The summed E-state index contributed by atoms with van der Waals surface area (Å²) >= 11 is 0. The third-order valence-corrected chi connectivity index (χ3v) is 5.31. The van der Waals surface area contributed by atoms with Crippen molar-refractivity contribution in [1.29, 1.82) is 0 Å². The summed E-state index contributed by atoms with van der Waals surface area (Å²) in [6, 6.07) is 18.0. The van der Waals surface area contributed by atoms with Gasteiger partial charge in [-0.05, 0) is 28.3 Å². The Balaban J connectivity index is 1.30. The maximum absolute atomic E-state index is 12.2. The number of hydrogen-bond acceptors (Lipinski definition) is 5. The van der Waals surface area contributed by atoms with Crippen LogP contribution in [0.15, 0.2) is 67.0 Å². The molecule has 0 fully saturated rings. The molecule has 0 saturated carbocycles. The van der Waals surface area contributed by atoms with Gasteiger partial charge in [-0.3, -0.25) is 4.98 Å². The van der Waals surface area contributed by atoms with E-state index in [-0.39, 0.29) is 12.5 Å². The molecular formula is C26H22N2O4. The number of nitrogens with one attached hydrogen (secondary N) is 1. The molecular weight excluding hydrogens is 404 g/mol. The Labute approximate surface area is 186 Å². The fraction of sp³-hybridized carbons (Fsp3) is 0.192. The summed E-state index contributed by atoms with van der Waals surface area (Å²) in [7, 11) is 1.32. The molecule has 0 saturated heterocycles. The Morgan fingerprint density at radius 3 is 2.41 bits per heavy atom. The molecule has 0 atom stereocenters. The highest BCUT2D eigenvalue weighted by Gasteiger charge is 2.28. The summed E-state index contributed by atoms with van der Waals surface area (Å²) in [5.74, 6) is 5.39. The Hall–Kier alpha value is -4.11. The third kappa shape index (κ3) is 4.47. The van der Waals surface area contributed by atoms with Crippen molar-refractivity contribution in [2.75, 3.05) is 20.3 Å². The second kappa shape index (κ2) is 9.80. The van der Waals surface area contributed by atoms with E-state index in [9.17, 15) is 9.59 Å². The molecule has 1 aliphatic carbocycles. The third-order valence-electron chi connectivity index (χ3n) is 5.31. The van der Waals surface area contributed by atoms with Crippen LogP contribution in [0.1, 0.15) is 39.4 Å². The number of ether oxygens (including phenoxy) is 2.